The molecule has 0 radical (unpaired) electrons. The monoisotopic (exact) mass is 391 g/mol. The van der Waals surface area contributed by atoms with Gasteiger partial charge < -0.3 is 5.11 Å². The van der Waals surface area contributed by atoms with Crippen LogP contribution in [0.4, 0.5) is 23.7 Å². The minimum Gasteiger partial charge on any atom is -0.465 e. The molecule has 9 heteroatoms. The molecule has 0 fully saturated rings. The van der Waals surface area contributed by atoms with Gasteiger partial charge in [-0.3, -0.25) is 5.32 Å². The molecule has 3 aromatic rings. The Balaban J connectivity index is 1.95. The van der Waals surface area contributed by atoms with Gasteiger partial charge in [-0.25, -0.2) is 22.6 Å². The molecule has 0 atom stereocenters. The third-order valence-electron chi connectivity index (χ3n) is 3.66. The van der Waals surface area contributed by atoms with Crippen LogP contribution in [0.3, 0.4) is 0 Å². The molecule has 3 rings (SSSR count). The summed E-state index contributed by atoms with van der Waals surface area (Å²) in [5.74, 6) is -4.20. The molecular weight excluding hydrogens is 379 g/mol. The Morgan fingerprint density at radius 2 is 1.85 bits per heavy atom. The lowest BCUT2D eigenvalue weighted by molar-refractivity contribution is 0.209. The largest absolute Gasteiger partial charge is 0.465 e. The highest BCUT2D eigenvalue weighted by Crippen LogP contribution is 2.18. The summed E-state index contributed by atoms with van der Waals surface area (Å²) in [6.45, 7) is 0. The molecule has 0 aliphatic carbocycles. The normalized spacial score (nSPS) is 10.6. The predicted octanol–water partition coefficient (Wildman–Crippen LogP) is 4.70. The maximum Gasteiger partial charge on any atom is 0.409 e. The Morgan fingerprint density at radius 3 is 2.52 bits per heavy atom. The van der Waals surface area contributed by atoms with E-state index in [4.69, 9.17) is 17.3 Å². The third kappa shape index (κ3) is 4.32. The minimum atomic E-state index is -1.55. The van der Waals surface area contributed by atoms with Crippen molar-refractivity contribution < 1.29 is 23.1 Å². The van der Waals surface area contributed by atoms with Gasteiger partial charge in [0.15, 0.2) is 17.5 Å². The second-order valence-corrected chi connectivity index (χ2v) is 6.04. The number of anilines is 1. The molecule has 0 aliphatic heterocycles. The van der Waals surface area contributed by atoms with Gasteiger partial charge in [0.05, 0.1) is 15.9 Å². The van der Waals surface area contributed by atoms with Crippen molar-refractivity contribution in [2.75, 3.05) is 5.32 Å². The molecule has 2 aromatic carbocycles. The van der Waals surface area contributed by atoms with Crippen LogP contribution in [0.15, 0.2) is 48.7 Å². The number of amides is 1. The summed E-state index contributed by atoms with van der Waals surface area (Å²) in [7, 11) is 0. The summed E-state index contributed by atoms with van der Waals surface area (Å²) < 4.78 is 41.7. The highest BCUT2D eigenvalue weighted by atomic mass is 32.1. The average Bonchev–Trinajstić information content (AvgIpc) is 2.61. The molecule has 0 saturated carbocycles. The molecule has 0 aliphatic rings. The van der Waals surface area contributed by atoms with Gasteiger partial charge in [0.2, 0.25) is 0 Å². The number of nitrogens with zero attached hydrogens (tertiary/aromatic N) is 2. The van der Waals surface area contributed by atoms with Gasteiger partial charge in [-0.2, -0.15) is 5.10 Å². The number of carboxylic acid groups (broad SMARTS) is 1. The molecule has 0 spiro atoms. The molecule has 0 unspecified atom stereocenters. The minimum absolute atomic E-state index is 0.00365. The summed E-state index contributed by atoms with van der Waals surface area (Å²) in [4.78, 5) is 10.7. The maximum absolute atomic E-state index is 13.5. The van der Waals surface area contributed by atoms with Gasteiger partial charge in [0.25, 0.3) is 0 Å². The van der Waals surface area contributed by atoms with Crippen molar-refractivity contribution in [2.45, 2.75) is 6.42 Å². The lowest BCUT2D eigenvalue weighted by Gasteiger charge is -2.10. The number of hydrogen-bond donors (Lipinski definition) is 2. The quantitative estimate of drug-likeness (QED) is 0.500. The van der Waals surface area contributed by atoms with Crippen LogP contribution in [0.25, 0.3) is 5.69 Å². The first-order chi connectivity index (χ1) is 12.8. The lowest BCUT2D eigenvalue weighted by Crippen LogP contribution is -2.08. The van der Waals surface area contributed by atoms with Crippen molar-refractivity contribution in [2.24, 2.45) is 0 Å². The zero-order chi connectivity index (χ0) is 19.6. The molecule has 27 heavy (non-hydrogen) atoms. The Bertz CT molecular complexity index is 1060. The van der Waals surface area contributed by atoms with Crippen molar-refractivity contribution in [3.8, 4) is 5.69 Å². The van der Waals surface area contributed by atoms with Crippen molar-refractivity contribution in [3.05, 3.63) is 81.9 Å². The highest BCUT2D eigenvalue weighted by molar-refractivity contribution is 7.71. The van der Waals surface area contributed by atoms with Crippen LogP contribution < -0.4 is 5.32 Å². The number of hydrogen-bond acceptors (Lipinski definition) is 3. The van der Waals surface area contributed by atoms with Crippen LogP contribution >= 0.6 is 12.2 Å². The molecular formula is C18H12F3N3O2S. The van der Waals surface area contributed by atoms with Crippen molar-refractivity contribution >= 4 is 24.0 Å². The first-order valence-electron chi connectivity index (χ1n) is 7.66. The van der Waals surface area contributed by atoms with E-state index < -0.39 is 23.5 Å². The average molecular weight is 391 g/mol. The maximum atomic E-state index is 13.5. The summed E-state index contributed by atoms with van der Waals surface area (Å²) in [5, 5.41) is 15.3. The van der Waals surface area contributed by atoms with Crippen LogP contribution in [0, 0.1) is 22.0 Å². The van der Waals surface area contributed by atoms with Gasteiger partial charge in [-0.1, -0.05) is 24.4 Å². The smallest absolute Gasteiger partial charge is 0.409 e. The molecule has 1 aromatic heterocycles. The number of rotatable bonds is 4. The summed E-state index contributed by atoms with van der Waals surface area (Å²) in [6.07, 6.45) is 0.494. The molecule has 1 amide bonds. The molecule has 1 heterocycles. The van der Waals surface area contributed by atoms with E-state index in [1.54, 1.807) is 24.3 Å². The lowest BCUT2D eigenvalue weighted by atomic mass is 10.1. The molecule has 2 N–H and O–H groups in total. The summed E-state index contributed by atoms with van der Waals surface area (Å²) in [6, 6.07) is 9.85. The number of benzene rings is 2. The first-order valence-corrected chi connectivity index (χ1v) is 8.07. The van der Waals surface area contributed by atoms with Crippen LogP contribution in [0.1, 0.15) is 11.3 Å². The van der Waals surface area contributed by atoms with E-state index in [0.717, 1.165) is 17.7 Å². The SMILES string of the molecule is O=C(O)Nc1cccc(Cc2nn(-c3cc(F)c(F)c(F)c3)ccc2=S)c1. The predicted molar refractivity (Wildman–Crippen MR) is 95.2 cm³/mol. The van der Waals surface area contributed by atoms with E-state index in [9.17, 15) is 18.0 Å². The van der Waals surface area contributed by atoms with E-state index in [0.29, 0.717) is 15.9 Å². The Hall–Kier alpha value is -3.20. The van der Waals surface area contributed by atoms with Crippen molar-refractivity contribution in [3.63, 3.8) is 0 Å². The third-order valence-corrected chi connectivity index (χ3v) is 4.03. The van der Waals surface area contributed by atoms with Crippen LogP contribution in [0.2, 0.25) is 0 Å². The topological polar surface area (TPSA) is 67.2 Å². The van der Waals surface area contributed by atoms with Crippen LogP contribution in [0.5, 0.6) is 0 Å². The number of aromatic nitrogens is 2. The number of halogens is 3. The fourth-order valence-electron chi connectivity index (χ4n) is 2.46. The van der Waals surface area contributed by atoms with Gasteiger partial charge >= 0.3 is 6.09 Å². The summed E-state index contributed by atoms with van der Waals surface area (Å²) in [5.41, 5.74) is 1.56. The van der Waals surface area contributed by atoms with E-state index >= 15 is 0 Å². The number of carbonyl (C=O) groups is 1. The fraction of sp³-hybridized carbons (Fsp3) is 0.0556. The number of nitrogens with one attached hydrogen (secondary N) is 1. The molecule has 0 saturated heterocycles. The second kappa shape index (κ2) is 7.58. The Morgan fingerprint density at radius 1 is 1.15 bits per heavy atom. The second-order valence-electron chi connectivity index (χ2n) is 5.60. The van der Waals surface area contributed by atoms with Crippen LogP contribution in [-0.2, 0) is 6.42 Å². The molecule has 0 bridgehead atoms. The van der Waals surface area contributed by atoms with Gasteiger partial charge in [0.1, 0.15) is 0 Å². The van der Waals surface area contributed by atoms with E-state index in [1.807, 2.05) is 0 Å². The van der Waals surface area contributed by atoms with Crippen molar-refractivity contribution in [1.82, 2.24) is 9.78 Å². The standard InChI is InChI=1S/C18H12F3N3O2S/c19-13-8-12(9-14(20)17(13)21)24-5-4-16(27)15(23-24)7-10-2-1-3-11(6-10)22-18(25)26/h1-6,8-9,22H,7H2,(H,25,26). The summed E-state index contributed by atoms with van der Waals surface area (Å²) >= 11 is 5.24. The van der Waals surface area contributed by atoms with Crippen LogP contribution in [-0.4, -0.2) is 21.0 Å². The van der Waals surface area contributed by atoms with E-state index in [-0.39, 0.29) is 12.1 Å². The fourth-order valence-corrected chi connectivity index (χ4v) is 2.64. The first kappa shape index (κ1) is 18.6. The van der Waals surface area contributed by atoms with E-state index in [2.05, 4.69) is 10.4 Å². The van der Waals surface area contributed by atoms with E-state index in [1.165, 1.54) is 16.9 Å². The van der Waals surface area contributed by atoms with Crippen molar-refractivity contribution in [1.29, 1.82) is 0 Å². The Labute approximate surface area is 156 Å². The molecule has 5 nitrogen and oxygen atoms in total. The van der Waals surface area contributed by atoms with Gasteiger partial charge in [0, 0.05) is 30.4 Å². The van der Waals surface area contributed by atoms with Gasteiger partial charge in [-0.15, -0.1) is 0 Å². The zero-order valence-electron chi connectivity index (χ0n) is 13.6. The zero-order valence-corrected chi connectivity index (χ0v) is 14.4. The Kier molecular flexibility index (Phi) is 5.22. The highest BCUT2D eigenvalue weighted by Gasteiger charge is 2.12. The van der Waals surface area contributed by atoms with Gasteiger partial charge in [-0.05, 0) is 23.8 Å². The molecule has 138 valence electrons.